The predicted octanol–water partition coefficient (Wildman–Crippen LogP) is 5.79. The van der Waals surface area contributed by atoms with E-state index in [9.17, 15) is 13.2 Å². The number of halogens is 4. The molecule has 1 fully saturated rings. The molecular weight excluding hydrogens is 313 g/mol. The van der Waals surface area contributed by atoms with Gasteiger partial charge in [-0.25, -0.2) is 4.98 Å². The van der Waals surface area contributed by atoms with E-state index in [4.69, 9.17) is 11.6 Å². The molecule has 1 aliphatic heterocycles. The maximum Gasteiger partial charge on any atom is 0.417 e. The topological polar surface area (TPSA) is 16.1 Å². The molecule has 1 aliphatic rings. The summed E-state index contributed by atoms with van der Waals surface area (Å²) in [6.07, 6.45) is -0.363. The third-order valence-electron chi connectivity index (χ3n) is 3.74. The van der Waals surface area contributed by atoms with Gasteiger partial charge in [-0.2, -0.15) is 13.2 Å². The van der Waals surface area contributed by atoms with E-state index >= 15 is 0 Å². The molecule has 1 atom stereocenters. The second-order valence-corrected chi connectivity index (χ2v) is 5.93. The molecule has 0 N–H and O–H groups in total. The second-order valence-electron chi connectivity index (χ2n) is 5.53. The van der Waals surface area contributed by atoms with Crippen molar-refractivity contribution in [3.8, 4) is 0 Å². The number of nitrogens with zero attached hydrogens (tertiary/aromatic N) is 2. The maximum atomic E-state index is 12.6. The molecule has 2 nitrogen and oxygen atoms in total. The van der Waals surface area contributed by atoms with Crippen LogP contribution in [0.2, 0.25) is 5.02 Å². The Morgan fingerprint density at radius 3 is 2.41 bits per heavy atom. The van der Waals surface area contributed by atoms with Gasteiger partial charge in [-0.1, -0.05) is 39.3 Å². The molecule has 22 heavy (non-hydrogen) atoms. The van der Waals surface area contributed by atoms with E-state index in [1.54, 1.807) is 0 Å². The van der Waals surface area contributed by atoms with Gasteiger partial charge in [0.1, 0.15) is 5.82 Å². The van der Waals surface area contributed by atoms with E-state index in [0.29, 0.717) is 11.7 Å². The van der Waals surface area contributed by atoms with Gasteiger partial charge < -0.3 is 4.90 Å². The number of hydrogen-bond donors (Lipinski definition) is 0. The summed E-state index contributed by atoms with van der Waals surface area (Å²) in [5.74, 6) is 0.883. The fraction of sp³-hybridized carbons (Fsp3) is 0.688. The summed E-state index contributed by atoms with van der Waals surface area (Å²) in [6, 6.07) is 1.25. The highest BCUT2D eigenvalue weighted by atomic mass is 35.5. The van der Waals surface area contributed by atoms with Crippen molar-refractivity contribution in [2.75, 3.05) is 11.4 Å². The summed E-state index contributed by atoms with van der Waals surface area (Å²) in [6.45, 7) is 9.02. The summed E-state index contributed by atoms with van der Waals surface area (Å²) in [5.41, 5.74) is -0.802. The van der Waals surface area contributed by atoms with Crippen LogP contribution in [-0.2, 0) is 6.18 Å². The highest BCUT2D eigenvalue weighted by Gasteiger charge is 2.33. The minimum absolute atomic E-state index is 0.0763. The van der Waals surface area contributed by atoms with Crippen LogP contribution in [0.4, 0.5) is 19.0 Å². The van der Waals surface area contributed by atoms with Gasteiger partial charge in [0.25, 0.3) is 0 Å². The molecule has 2 heterocycles. The van der Waals surface area contributed by atoms with Crippen molar-refractivity contribution in [3.05, 3.63) is 22.8 Å². The summed E-state index contributed by atoms with van der Waals surface area (Å²) >= 11 is 6.03. The van der Waals surface area contributed by atoms with Gasteiger partial charge in [0.05, 0.1) is 10.6 Å². The van der Waals surface area contributed by atoms with Crippen LogP contribution < -0.4 is 4.90 Å². The number of piperidine rings is 1. The molecule has 1 aromatic rings. The van der Waals surface area contributed by atoms with Crippen molar-refractivity contribution < 1.29 is 13.2 Å². The molecule has 126 valence electrons. The van der Waals surface area contributed by atoms with Gasteiger partial charge in [0.15, 0.2) is 0 Å². The largest absolute Gasteiger partial charge is 0.417 e. The number of pyridine rings is 1. The van der Waals surface area contributed by atoms with E-state index in [1.165, 1.54) is 0 Å². The monoisotopic (exact) mass is 336 g/mol. The SMILES string of the molecule is CC.CC(C)C1CCCCN1c1ncc(C(F)(F)F)cc1Cl. The fourth-order valence-electron chi connectivity index (χ4n) is 2.71. The van der Waals surface area contributed by atoms with Gasteiger partial charge in [0.2, 0.25) is 0 Å². The third kappa shape index (κ3) is 4.51. The molecule has 0 aliphatic carbocycles. The van der Waals surface area contributed by atoms with Crippen LogP contribution in [0.5, 0.6) is 0 Å². The van der Waals surface area contributed by atoms with Crippen LogP contribution in [0.15, 0.2) is 12.3 Å². The van der Waals surface area contributed by atoms with Gasteiger partial charge in [0, 0.05) is 18.8 Å². The average molecular weight is 337 g/mol. The minimum atomic E-state index is -4.41. The van der Waals surface area contributed by atoms with Crippen LogP contribution >= 0.6 is 11.6 Å². The zero-order valence-electron chi connectivity index (χ0n) is 13.5. The van der Waals surface area contributed by atoms with Crippen molar-refractivity contribution in [2.24, 2.45) is 5.92 Å². The van der Waals surface area contributed by atoms with Crippen LogP contribution in [0, 0.1) is 5.92 Å². The van der Waals surface area contributed by atoms with Crippen LogP contribution in [0.1, 0.15) is 52.5 Å². The molecule has 1 saturated heterocycles. The number of alkyl halides is 3. The van der Waals surface area contributed by atoms with Crippen molar-refractivity contribution in [1.29, 1.82) is 0 Å². The molecule has 0 spiro atoms. The molecule has 2 rings (SSSR count). The molecular formula is C16H24ClF3N2. The van der Waals surface area contributed by atoms with Gasteiger partial charge in [-0.3, -0.25) is 0 Å². The quantitative estimate of drug-likeness (QED) is 0.679. The maximum absolute atomic E-state index is 12.6. The molecule has 0 bridgehead atoms. The molecule has 0 amide bonds. The minimum Gasteiger partial charge on any atom is -0.352 e. The Labute approximate surface area is 135 Å². The van der Waals surface area contributed by atoms with Crippen molar-refractivity contribution >= 4 is 17.4 Å². The summed E-state index contributed by atoms with van der Waals surface area (Å²) < 4.78 is 37.9. The van der Waals surface area contributed by atoms with Crippen molar-refractivity contribution in [1.82, 2.24) is 4.98 Å². The average Bonchev–Trinajstić information content (AvgIpc) is 2.48. The Balaban J connectivity index is 0.00000116. The number of anilines is 1. The summed E-state index contributed by atoms with van der Waals surface area (Å²) in [4.78, 5) is 6.03. The van der Waals surface area contributed by atoms with Gasteiger partial charge >= 0.3 is 6.18 Å². The van der Waals surface area contributed by atoms with Crippen LogP contribution in [-0.4, -0.2) is 17.6 Å². The standard InChI is InChI=1S/C14H18ClF3N2.C2H6/c1-9(2)12-5-3-4-6-20(12)13-11(15)7-10(8-19-13)14(16,17)18;1-2/h7-9,12H,3-6H2,1-2H3;1-2H3. The summed E-state index contributed by atoms with van der Waals surface area (Å²) in [5, 5.41) is 0.0763. The van der Waals surface area contributed by atoms with E-state index in [2.05, 4.69) is 23.7 Å². The highest BCUT2D eigenvalue weighted by Crippen LogP contribution is 2.36. The lowest BCUT2D eigenvalue weighted by atomic mass is 9.93. The van der Waals surface area contributed by atoms with Crippen molar-refractivity contribution in [3.63, 3.8) is 0 Å². The smallest absolute Gasteiger partial charge is 0.352 e. The zero-order valence-corrected chi connectivity index (χ0v) is 14.3. The highest BCUT2D eigenvalue weighted by molar-refractivity contribution is 6.33. The number of hydrogen-bond acceptors (Lipinski definition) is 2. The lowest BCUT2D eigenvalue weighted by Crippen LogP contribution is -2.43. The number of rotatable bonds is 2. The van der Waals surface area contributed by atoms with Crippen LogP contribution in [0.3, 0.4) is 0 Å². The van der Waals surface area contributed by atoms with E-state index < -0.39 is 11.7 Å². The third-order valence-corrected chi connectivity index (χ3v) is 4.02. The normalized spacial score (nSPS) is 19.0. The van der Waals surface area contributed by atoms with E-state index in [-0.39, 0.29) is 11.1 Å². The van der Waals surface area contributed by atoms with Crippen LogP contribution in [0.25, 0.3) is 0 Å². The Bertz CT molecular complexity index is 475. The first kappa shape index (κ1) is 19.1. The second kappa shape index (κ2) is 8.04. The van der Waals surface area contributed by atoms with Gasteiger partial charge in [-0.15, -0.1) is 0 Å². The first-order chi connectivity index (χ1) is 10.3. The molecule has 1 aromatic heterocycles. The zero-order chi connectivity index (χ0) is 16.9. The molecule has 0 saturated carbocycles. The fourth-order valence-corrected chi connectivity index (χ4v) is 2.99. The molecule has 6 heteroatoms. The Morgan fingerprint density at radius 2 is 1.91 bits per heavy atom. The van der Waals surface area contributed by atoms with Gasteiger partial charge in [-0.05, 0) is 31.2 Å². The number of aromatic nitrogens is 1. The lowest BCUT2D eigenvalue weighted by Gasteiger charge is -2.39. The molecule has 1 unspecified atom stereocenters. The summed E-state index contributed by atoms with van der Waals surface area (Å²) in [7, 11) is 0. The lowest BCUT2D eigenvalue weighted by molar-refractivity contribution is -0.137. The van der Waals surface area contributed by atoms with E-state index in [1.807, 2.05) is 13.8 Å². The first-order valence-electron chi connectivity index (χ1n) is 7.80. The Hall–Kier alpha value is -0.970. The Kier molecular flexibility index (Phi) is 6.98. The Morgan fingerprint density at radius 1 is 1.27 bits per heavy atom. The first-order valence-corrected chi connectivity index (χ1v) is 8.18. The van der Waals surface area contributed by atoms with Crippen molar-refractivity contribution in [2.45, 2.75) is 59.2 Å². The molecule has 0 radical (unpaired) electrons. The molecule has 0 aromatic carbocycles. The van der Waals surface area contributed by atoms with E-state index in [0.717, 1.165) is 38.1 Å². The predicted molar refractivity (Wildman–Crippen MR) is 85.4 cm³/mol.